The van der Waals surface area contributed by atoms with Crippen molar-refractivity contribution in [3.8, 4) is 0 Å². The van der Waals surface area contributed by atoms with Crippen molar-refractivity contribution < 1.29 is 9.53 Å². The summed E-state index contributed by atoms with van der Waals surface area (Å²) in [7, 11) is 0. The molecule has 0 radical (unpaired) electrons. The summed E-state index contributed by atoms with van der Waals surface area (Å²) in [4.78, 5) is 14.3. The van der Waals surface area contributed by atoms with Crippen LogP contribution in [0.15, 0.2) is 37.1 Å². The predicted molar refractivity (Wildman–Crippen MR) is 85.6 cm³/mol. The minimum atomic E-state index is -0.224. The summed E-state index contributed by atoms with van der Waals surface area (Å²) in [6.07, 6.45) is 8.17. The average molecular weight is 297 g/mol. The maximum atomic E-state index is 12.3. The highest BCUT2D eigenvalue weighted by atomic mass is 16.5. The van der Waals surface area contributed by atoms with Crippen LogP contribution in [0.3, 0.4) is 0 Å². The van der Waals surface area contributed by atoms with E-state index in [2.05, 4.69) is 30.8 Å². The molecule has 3 aliphatic rings. The molecule has 0 N–H and O–H groups in total. The molecule has 3 atom stereocenters. The lowest BCUT2D eigenvalue weighted by atomic mass is 9.52. The van der Waals surface area contributed by atoms with Crippen LogP contribution < -0.4 is 0 Å². The van der Waals surface area contributed by atoms with E-state index in [0.717, 1.165) is 19.4 Å². The Bertz CT molecular complexity index is 611. The summed E-state index contributed by atoms with van der Waals surface area (Å²) < 4.78 is 5.09. The predicted octanol–water partition coefficient (Wildman–Crippen LogP) is 4.03. The molecular weight excluding hydrogens is 274 g/mol. The van der Waals surface area contributed by atoms with E-state index in [1.807, 2.05) is 4.90 Å². The molecule has 2 fully saturated rings. The van der Waals surface area contributed by atoms with E-state index in [-0.39, 0.29) is 12.1 Å². The van der Waals surface area contributed by atoms with Crippen LogP contribution in [-0.2, 0) is 16.6 Å². The van der Waals surface area contributed by atoms with Crippen molar-refractivity contribution in [1.29, 1.82) is 0 Å². The van der Waals surface area contributed by atoms with Gasteiger partial charge < -0.3 is 9.64 Å². The lowest BCUT2D eigenvalue weighted by Crippen LogP contribution is -2.62. The number of fused-ring (bicyclic) bond motifs is 1. The molecule has 3 nitrogen and oxygen atoms in total. The fourth-order valence-corrected chi connectivity index (χ4v) is 5.34. The van der Waals surface area contributed by atoms with Crippen LogP contribution in [0.1, 0.15) is 43.2 Å². The van der Waals surface area contributed by atoms with E-state index >= 15 is 0 Å². The van der Waals surface area contributed by atoms with Crippen LogP contribution in [0.25, 0.3) is 0 Å². The number of ether oxygens (including phenoxy) is 1. The number of hydrogen-bond donors (Lipinski definition) is 0. The third-order valence-electron chi connectivity index (χ3n) is 6.16. The first-order chi connectivity index (χ1) is 10.8. The molecule has 1 saturated heterocycles. The standard InChI is InChI=1S/C19H23NO2/c1-2-22-18(21)20-12-11-19-10-6-5-9-16(19)17(20)13-14-7-3-4-8-15(14)19/h2-4,7-8,16-17H,1,5-6,9-13H2/t16-,17+,19-/m0/s1. The third kappa shape index (κ3) is 1.84. The molecule has 1 saturated carbocycles. The first-order valence-electron chi connectivity index (χ1n) is 8.43. The molecule has 116 valence electrons. The maximum absolute atomic E-state index is 12.3. The van der Waals surface area contributed by atoms with Gasteiger partial charge in [0.1, 0.15) is 0 Å². The monoisotopic (exact) mass is 297 g/mol. The van der Waals surface area contributed by atoms with Crippen LogP contribution in [-0.4, -0.2) is 23.6 Å². The smallest absolute Gasteiger partial charge is 0.414 e. The molecule has 1 aliphatic heterocycles. The number of piperidine rings is 1. The highest BCUT2D eigenvalue weighted by Crippen LogP contribution is 2.55. The molecular formula is C19H23NO2. The van der Waals surface area contributed by atoms with Crippen LogP contribution in [0, 0.1) is 5.92 Å². The van der Waals surface area contributed by atoms with Crippen molar-refractivity contribution in [2.24, 2.45) is 5.92 Å². The summed E-state index contributed by atoms with van der Waals surface area (Å²) in [6.45, 7) is 4.33. The van der Waals surface area contributed by atoms with Gasteiger partial charge in [0.2, 0.25) is 0 Å². The van der Waals surface area contributed by atoms with E-state index in [4.69, 9.17) is 4.74 Å². The van der Waals surface area contributed by atoms with Crippen molar-refractivity contribution in [3.05, 3.63) is 48.2 Å². The number of carbonyl (C=O) groups is 1. The molecule has 1 amide bonds. The number of hydrogen-bond acceptors (Lipinski definition) is 2. The van der Waals surface area contributed by atoms with Crippen LogP contribution in [0.2, 0.25) is 0 Å². The van der Waals surface area contributed by atoms with Crippen LogP contribution in [0.4, 0.5) is 4.79 Å². The fourth-order valence-electron chi connectivity index (χ4n) is 5.34. The molecule has 22 heavy (non-hydrogen) atoms. The van der Waals surface area contributed by atoms with Gasteiger partial charge in [-0.1, -0.05) is 43.7 Å². The van der Waals surface area contributed by atoms with Gasteiger partial charge >= 0.3 is 6.09 Å². The summed E-state index contributed by atoms with van der Waals surface area (Å²) in [5.74, 6) is 0.585. The van der Waals surface area contributed by atoms with Gasteiger partial charge in [0.25, 0.3) is 0 Å². The molecule has 3 heteroatoms. The van der Waals surface area contributed by atoms with Crippen molar-refractivity contribution in [2.75, 3.05) is 6.54 Å². The molecule has 0 spiro atoms. The zero-order valence-electron chi connectivity index (χ0n) is 13.0. The highest BCUT2D eigenvalue weighted by Gasteiger charge is 2.54. The van der Waals surface area contributed by atoms with E-state index in [9.17, 15) is 4.79 Å². The van der Waals surface area contributed by atoms with Crippen molar-refractivity contribution >= 4 is 6.09 Å². The first kappa shape index (κ1) is 13.9. The molecule has 4 rings (SSSR count). The highest BCUT2D eigenvalue weighted by molar-refractivity contribution is 5.69. The second kappa shape index (κ2) is 5.15. The van der Waals surface area contributed by atoms with Gasteiger partial charge in [-0.3, -0.25) is 0 Å². The zero-order valence-corrected chi connectivity index (χ0v) is 13.0. The second-order valence-electron chi connectivity index (χ2n) is 6.93. The van der Waals surface area contributed by atoms with Gasteiger partial charge in [-0.2, -0.15) is 0 Å². The zero-order chi connectivity index (χ0) is 15.2. The summed E-state index contributed by atoms with van der Waals surface area (Å²) >= 11 is 0. The van der Waals surface area contributed by atoms with E-state index in [1.54, 1.807) is 5.56 Å². The van der Waals surface area contributed by atoms with Gasteiger partial charge in [0, 0.05) is 18.0 Å². The summed E-state index contributed by atoms with van der Waals surface area (Å²) in [6, 6.07) is 9.17. The lowest BCUT2D eigenvalue weighted by Gasteiger charge is -2.58. The summed E-state index contributed by atoms with van der Waals surface area (Å²) in [5, 5.41) is 0. The Morgan fingerprint density at radius 3 is 3.05 bits per heavy atom. The third-order valence-corrected chi connectivity index (χ3v) is 6.16. The van der Waals surface area contributed by atoms with Gasteiger partial charge in [0.05, 0.1) is 6.26 Å². The van der Waals surface area contributed by atoms with E-state index < -0.39 is 0 Å². The number of benzene rings is 1. The normalized spacial score (nSPS) is 32.6. The van der Waals surface area contributed by atoms with Gasteiger partial charge in [0.15, 0.2) is 0 Å². The van der Waals surface area contributed by atoms with E-state index in [0.29, 0.717) is 11.3 Å². The Hall–Kier alpha value is -1.77. The Kier molecular flexibility index (Phi) is 3.24. The number of carbonyl (C=O) groups excluding carboxylic acids is 1. The Morgan fingerprint density at radius 2 is 2.18 bits per heavy atom. The molecule has 2 bridgehead atoms. The minimum Gasteiger partial charge on any atom is -0.419 e. The Balaban J connectivity index is 1.78. The second-order valence-corrected chi connectivity index (χ2v) is 6.93. The lowest BCUT2D eigenvalue weighted by molar-refractivity contribution is -0.00414. The minimum absolute atomic E-state index is 0.224. The Morgan fingerprint density at radius 1 is 1.32 bits per heavy atom. The largest absolute Gasteiger partial charge is 0.419 e. The van der Waals surface area contributed by atoms with Crippen LogP contribution in [0.5, 0.6) is 0 Å². The average Bonchev–Trinajstić information content (AvgIpc) is 2.55. The molecule has 2 aliphatic carbocycles. The van der Waals surface area contributed by atoms with Crippen molar-refractivity contribution in [3.63, 3.8) is 0 Å². The van der Waals surface area contributed by atoms with Crippen molar-refractivity contribution in [1.82, 2.24) is 4.90 Å². The molecule has 1 aromatic rings. The quantitative estimate of drug-likeness (QED) is 0.733. The fraction of sp³-hybridized carbons (Fsp3) is 0.526. The maximum Gasteiger partial charge on any atom is 0.414 e. The number of nitrogens with zero attached hydrogens (tertiary/aromatic N) is 1. The van der Waals surface area contributed by atoms with Crippen molar-refractivity contribution in [2.45, 2.75) is 50.0 Å². The topological polar surface area (TPSA) is 29.5 Å². The van der Waals surface area contributed by atoms with E-state index in [1.165, 1.54) is 37.5 Å². The number of amides is 1. The number of rotatable bonds is 1. The van der Waals surface area contributed by atoms with Gasteiger partial charge in [-0.05, 0) is 42.7 Å². The van der Waals surface area contributed by atoms with Crippen LogP contribution >= 0.6 is 0 Å². The molecule has 1 heterocycles. The Labute approximate surface area is 132 Å². The summed E-state index contributed by atoms with van der Waals surface area (Å²) in [5.41, 5.74) is 3.29. The molecule has 0 unspecified atom stereocenters. The molecule has 1 aromatic carbocycles. The first-order valence-corrected chi connectivity index (χ1v) is 8.43. The number of likely N-dealkylation sites (tertiary alicyclic amines) is 1. The molecule has 0 aromatic heterocycles. The SMILES string of the molecule is C=COC(=O)N1CC[C@]23CCCC[C@H]2[C@H]1Cc1ccccc13. The van der Waals surface area contributed by atoms with Gasteiger partial charge in [-0.15, -0.1) is 0 Å². The van der Waals surface area contributed by atoms with Gasteiger partial charge in [-0.25, -0.2) is 4.79 Å².